The molecule has 0 spiro atoms. The minimum absolute atomic E-state index is 0.474. The summed E-state index contributed by atoms with van der Waals surface area (Å²) in [5.41, 5.74) is 3.56. The lowest BCUT2D eigenvalue weighted by Gasteiger charge is -2.35. The van der Waals surface area contributed by atoms with Crippen molar-refractivity contribution in [3.63, 3.8) is 0 Å². The SMILES string of the molecule is COC(=O)N/N=C1/CC[C@@H]2CCCC[C@H]2C1. The van der Waals surface area contributed by atoms with Crippen LogP contribution >= 0.6 is 0 Å². The lowest BCUT2D eigenvalue weighted by molar-refractivity contribution is 0.171. The molecule has 1 amide bonds. The van der Waals surface area contributed by atoms with E-state index in [1.54, 1.807) is 0 Å². The van der Waals surface area contributed by atoms with Gasteiger partial charge in [0.1, 0.15) is 0 Å². The molecule has 1 N–H and O–H groups in total. The molecule has 4 nitrogen and oxygen atoms in total. The molecule has 0 saturated heterocycles. The molecular weight excluding hydrogens is 204 g/mol. The number of hydrogen-bond acceptors (Lipinski definition) is 3. The Balaban J connectivity index is 1.87. The fraction of sp³-hybridized carbons (Fsp3) is 0.833. The maximum Gasteiger partial charge on any atom is 0.427 e. The van der Waals surface area contributed by atoms with Crippen molar-refractivity contribution in [2.45, 2.75) is 44.9 Å². The predicted octanol–water partition coefficient (Wildman–Crippen LogP) is 2.69. The highest BCUT2D eigenvalue weighted by molar-refractivity contribution is 5.86. The Morgan fingerprint density at radius 1 is 1.31 bits per heavy atom. The van der Waals surface area contributed by atoms with Crippen LogP contribution in [0, 0.1) is 11.8 Å². The van der Waals surface area contributed by atoms with Gasteiger partial charge in [0.2, 0.25) is 0 Å². The summed E-state index contributed by atoms with van der Waals surface area (Å²) in [5, 5.41) is 4.14. The van der Waals surface area contributed by atoms with Gasteiger partial charge in [0.25, 0.3) is 0 Å². The lowest BCUT2D eigenvalue weighted by atomic mass is 9.70. The summed E-state index contributed by atoms with van der Waals surface area (Å²) in [5.74, 6) is 1.71. The number of ether oxygens (including phenoxy) is 1. The largest absolute Gasteiger partial charge is 0.452 e. The average Bonchev–Trinajstić information content (AvgIpc) is 2.35. The fourth-order valence-corrected chi connectivity index (χ4v) is 2.96. The van der Waals surface area contributed by atoms with Crippen LogP contribution in [0.15, 0.2) is 5.10 Å². The standard InChI is InChI=1S/C12H20N2O2/c1-16-12(15)14-13-11-7-6-9-4-2-3-5-10(9)8-11/h9-10H,2-8H2,1H3,(H,14,15)/b13-11-/t9-,10-/m0/s1. The number of nitrogens with one attached hydrogen (secondary N) is 1. The number of rotatable bonds is 1. The molecule has 16 heavy (non-hydrogen) atoms. The zero-order valence-electron chi connectivity index (χ0n) is 9.87. The summed E-state index contributed by atoms with van der Waals surface area (Å²) in [6, 6.07) is 0. The van der Waals surface area contributed by atoms with Crippen LogP contribution in [-0.4, -0.2) is 18.9 Å². The maximum absolute atomic E-state index is 10.9. The number of hydrogen-bond donors (Lipinski definition) is 1. The van der Waals surface area contributed by atoms with Gasteiger partial charge in [-0.15, -0.1) is 0 Å². The maximum atomic E-state index is 10.9. The van der Waals surface area contributed by atoms with Gasteiger partial charge in [-0.2, -0.15) is 5.10 Å². The van der Waals surface area contributed by atoms with Gasteiger partial charge >= 0.3 is 6.09 Å². The third kappa shape index (κ3) is 2.74. The number of amides is 1. The minimum atomic E-state index is -0.474. The third-order valence-corrected chi connectivity index (χ3v) is 3.86. The molecule has 0 aromatic heterocycles. The average molecular weight is 224 g/mol. The summed E-state index contributed by atoms with van der Waals surface area (Å²) >= 11 is 0. The van der Waals surface area contributed by atoms with E-state index in [9.17, 15) is 4.79 Å². The summed E-state index contributed by atoms with van der Waals surface area (Å²) < 4.78 is 4.49. The van der Waals surface area contributed by atoms with Crippen LogP contribution in [0.3, 0.4) is 0 Å². The van der Waals surface area contributed by atoms with Crippen molar-refractivity contribution in [1.29, 1.82) is 0 Å². The van der Waals surface area contributed by atoms with Crippen LogP contribution in [0.4, 0.5) is 4.79 Å². The van der Waals surface area contributed by atoms with E-state index < -0.39 is 6.09 Å². The molecule has 2 aliphatic rings. The van der Waals surface area contributed by atoms with E-state index in [0.29, 0.717) is 0 Å². The second-order valence-electron chi connectivity index (χ2n) is 4.83. The van der Waals surface area contributed by atoms with Gasteiger partial charge in [0, 0.05) is 5.71 Å². The summed E-state index contributed by atoms with van der Waals surface area (Å²) in [4.78, 5) is 10.9. The molecule has 0 heterocycles. The van der Waals surface area contributed by atoms with Gasteiger partial charge in [0.15, 0.2) is 0 Å². The summed E-state index contributed by atoms with van der Waals surface area (Å²) in [6.07, 6.45) is 8.35. The Bertz CT molecular complexity index is 289. The Hall–Kier alpha value is -1.06. The Kier molecular flexibility index (Phi) is 3.80. The van der Waals surface area contributed by atoms with E-state index in [0.717, 1.165) is 30.4 Å². The van der Waals surface area contributed by atoms with Crippen LogP contribution in [-0.2, 0) is 4.74 Å². The van der Waals surface area contributed by atoms with Gasteiger partial charge in [-0.05, 0) is 37.5 Å². The first-order chi connectivity index (χ1) is 7.79. The lowest BCUT2D eigenvalue weighted by Crippen LogP contribution is -2.29. The number of fused-ring (bicyclic) bond motifs is 1. The van der Waals surface area contributed by atoms with Gasteiger partial charge in [-0.1, -0.05) is 19.3 Å². The highest BCUT2D eigenvalue weighted by Crippen LogP contribution is 2.39. The van der Waals surface area contributed by atoms with E-state index in [1.165, 1.54) is 39.2 Å². The minimum Gasteiger partial charge on any atom is -0.452 e. The molecule has 0 bridgehead atoms. The molecule has 0 aliphatic heterocycles. The zero-order chi connectivity index (χ0) is 11.4. The van der Waals surface area contributed by atoms with E-state index in [4.69, 9.17) is 0 Å². The molecule has 4 heteroatoms. The molecular formula is C12H20N2O2. The van der Waals surface area contributed by atoms with Crippen LogP contribution in [0.1, 0.15) is 44.9 Å². The van der Waals surface area contributed by atoms with E-state index in [2.05, 4.69) is 15.3 Å². The number of nitrogens with zero attached hydrogens (tertiary/aromatic N) is 1. The monoisotopic (exact) mass is 224 g/mol. The topological polar surface area (TPSA) is 50.7 Å². The van der Waals surface area contributed by atoms with Crippen LogP contribution in [0.2, 0.25) is 0 Å². The van der Waals surface area contributed by atoms with E-state index in [-0.39, 0.29) is 0 Å². The first-order valence-corrected chi connectivity index (χ1v) is 6.19. The molecule has 2 saturated carbocycles. The summed E-state index contributed by atoms with van der Waals surface area (Å²) in [6.45, 7) is 0. The van der Waals surface area contributed by atoms with Crippen molar-refractivity contribution in [2.75, 3.05) is 7.11 Å². The van der Waals surface area contributed by atoms with Crippen molar-refractivity contribution in [3.05, 3.63) is 0 Å². The molecule has 2 atom stereocenters. The Labute approximate surface area is 96.4 Å². The quantitative estimate of drug-likeness (QED) is 0.696. The first kappa shape index (κ1) is 11.4. The molecule has 90 valence electrons. The van der Waals surface area contributed by atoms with Crippen molar-refractivity contribution < 1.29 is 9.53 Å². The second kappa shape index (κ2) is 5.32. The van der Waals surface area contributed by atoms with Crippen LogP contribution < -0.4 is 5.43 Å². The van der Waals surface area contributed by atoms with Crippen LogP contribution in [0.25, 0.3) is 0 Å². The van der Waals surface area contributed by atoms with Gasteiger partial charge in [-0.25, -0.2) is 10.2 Å². The highest BCUT2D eigenvalue weighted by Gasteiger charge is 2.30. The highest BCUT2D eigenvalue weighted by atomic mass is 16.5. The molecule has 2 rings (SSSR count). The normalized spacial score (nSPS) is 31.9. The zero-order valence-corrected chi connectivity index (χ0v) is 9.87. The molecule has 2 aliphatic carbocycles. The molecule has 2 fully saturated rings. The number of methoxy groups -OCH3 is 1. The van der Waals surface area contributed by atoms with Gasteiger partial charge < -0.3 is 4.74 Å². The van der Waals surface area contributed by atoms with Crippen LogP contribution in [0.5, 0.6) is 0 Å². The first-order valence-electron chi connectivity index (χ1n) is 6.19. The summed E-state index contributed by atoms with van der Waals surface area (Å²) in [7, 11) is 1.35. The molecule has 0 unspecified atom stereocenters. The van der Waals surface area contributed by atoms with Crippen molar-refractivity contribution >= 4 is 11.8 Å². The molecule has 0 aromatic carbocycles. The van der Waals surface area contributed by atoms with E-state index >= 15 is 0 Å². The van der Waals surface area contributed by atoms with E-state index in [1.807, 2.05) is 0 Å². The van der Waals surface area contributed by atoms with Crippen molar-refractivity contribution in [3.8, 4) is 0 Å². The Morgan fingerprint density at radius 2 is 2.06 bits per heavy atom. The second-order valence-corrected chi connectivity index (χ2v) is 4.83. The predicted molar refractivity (Wildman–Crippen MR) is 62.3 cm³/mol. The Morgan fingerprint density at radius 3 is 2.81 bits per heavy atom. The number of hydrazone groups is 1. The smallest absolute Gasteiger partial charge is 0.427 e. The van der Waals surface area contributed by atoms with Crippen molar-refractivity contribution in [1.82, 2.24) is 5.43 Å². The number of carbonyl (C=O) groups is 1. The molecule has 0 radical (unpaired) electrons. The van der Waals surface area contributed by atoms with Gasteiger partial charge in [-0.3, -0.25) is 0 Å². The van der Waals surface area contributed by atoms with Gasteiger partial charge in [0.05, 0.1) is 7.11 Å². The fourth-order valence-electron chi connectivity index (χ4n) is 2.96. The number of carbonyl (C=O) groups excluding carboxylic acids is 1. The third-order valence-electron chi connectivity index (χ3n) is 3.86. The molecule has 0 aromatic rings. The van der Waals surface area contributed by atoms with Crippen molar-refractivity contribution in [2.24, 2.45) is 16.9 Å².